The van der Waals surface area contributed by atoms with Gasteiger partial charge in [-0.2, -0.15) is 26.3 Å². The summed E-state index contributed by atoms with van der Waals surface area (Å²) in [5.41, 5.74) is 2.45. The molecule has 1 aromatic carbocycles. The first-order valence-corrected chi connectivity index (χ1v) is 11.6. The molecule has 0 amide bonds. The zero-order chi connectivity index (χ0) is 24.0. The number of rotatable bonds is 16. The van der Waals surface area contributed by atoms with Gasteiger partial charge in [0.05, 0.1) is 0 Å². The molecule has 0 aliphatic rings. The summed E-state index contributed by atoms with van der Waals surface area (Å²) in [5, 5.41) is 17.9. The maximum Gasteiger partial charge on any atom is 0.414 e. The molecule has 0 aliphatic carbocycles. The zero-order valence-corrected chi connectivity index (χ0v) is 18.5. The van der Waals surface area contributed by atoms with Gasteiger partial charge < -0.3 is 10.2 Å². The van der Waals surface area contributed by atoms with Crippen LogP contribution < -0.4 is 0 Å². The second-order valence-corrected chi connectivity index (χ2v) is 8.54. The van der Waals surface area contributed by atoms with Crippen LogP contribution in [0.3, 0.4) is 0 Å². The molecule has 0 heterocycles. The largest absolute Gasteiger partial charge is 0.414 e. The fraction of sp³-hybridized carbons (Fsp3) is 0.750. The fourth-order valence-corrected chi connectivity index (χ4v) is 3.59. The number of hydrogen-bond acceptors (Lipinski definition) is 2. The van der Waals surface area contributed by atoms with Crippen LogP contribution in [0, 0.1) is 0 Å². The van der Waals surface area contributed by atoms with Crippen molar-refractivity contribution in [2.75, 3.05) is 0 Å². The van der Waals surface area contributed by atoms with E-state index in [-0.39, 0.29) is 12.8 Å². The monoisotopic (exact) mass is 470 g/mol. The van der Waals surface area contributed by atoms with Crippen molar-refractivity contribution in [1.29, 1.82) is 0 Å². The van der Waals surface area contributed by atoms with Crippen molar-refractivity contribution in [3.8, 4) is 0 Å². The maximum absolute atomic E-state index is 12.2. The van der Waals surface area contributed by atoms with Gasteiger partial charge in [-0.25, -0.2) is 0 Å². The van der Waals surface area contributed by atoms with E-state index in [4.69, 9.17) is 10.2 Å². The lowest BCUT2D eigenvalue weighted by molar-refractivity contribution is -0.206. The van der Waals surface area contributed by atoms with Crippen LogP contribution in [0.1, 0.15) is 88.2 Å². The third-order valence-electron chi connectivity index (χ3n) is 5.66. The molecule has 0 fully saturated rings. The average Bonchev–Trinajstić information content (AvgIpc) is 2.71. The predicted octanol–water partition coefficient (Wildman–Crippen LogP) is 7.30. The number of hydrogen-bond donors (Lipinski definition) is 2. The third-order valence-corrected chi connectivity index (χ3v) is 5.66. The Kier molecular flexibility index (Phi) is 13.3. The van der Waals surface area contributed by atoms with Crippen molar-refractivity contribution in [2.24, 2.45) is 0 Å². The van der Waals surface area contributed by atoms with Crippen LogP contribution in [-0.2, 0) is 12.8 Å². The van der Waals surface area contributed by atoms with E-state index in [0.717, 1.165) is 51.4 Å². The van der Waals surface area contributed by atoms with Crippen molar-refractivity contribution in [1.82, 2.24) is 0 Å². The van der Waals surface area contributed by atoms with E-state index < -0.39 is 24.6 Å². The van der Waals surface area contributed by atoms with Crippen LogP contribution in [0.15, 0.2) is 24.3 Å². The molecule has 0 aromatic heterocycles. The van der Waals surface area contributed by atoms with Gasteiger partial charge in [0, 0.05) is 0 Å². The molecule has 0 unspecified atom stereocenters. The molecule has 0 spiro atoms. The summed E-state index contributed by atoms with van der Waals surface area (Å²) < 4.78 is 73.2. The zero-order valence-electron chi connectivity index (χ0n) is 18.5. The second kappa shape index (κ2) is 14.8. The Morgan fingerprint density at radius 3 is 1.09 bits per heavy atom. The summed E-state index contributed by atoms with van der Waals surface area (Å²) >= 11 is 0. The molecule has 0 saturated heterocycles. The Morgan fingerprint density at radius 1 is 0.500 bits per heavy atom. The quantitative estimate of drug-likeness (QED) is 0.197. The van der Waals surface area contributed by atoms with E-state index in [0.29, 0.717) is 25.7 Å². The van der Waals surface area contributed by atoms with Gasteiger partial charge in [0.1, 0.15) is 12.2 Å². The first kappa shape index (κ1) is 28.8. The van der Waals surface area contributed by atoms with Gasteiger partial charge in [0.25, 0.3) is 0 Å². The smallest absolute Gasteiger partial charge is 0.384 e. The maximum atomic E-state index is 12.2. The van der Waals surface area contributed by atoms with Gasteiger partial charge in [0.15, 0.2) is 0 Å². The van der Waals surface area contributed by atoms with Gasteiger partial charge in [0.2, 0.25) is 0 Å². The van der Waals surface area contributed by atoms with Gasteiger partial charge in [-0.1, -0.05) is 75.6 Å². The first-order chi connectivity index (χ1) is 15.0. The predicted molar refractivity (Wildman–Crippen MR) is 113 cm³/mol. The standard InChI is InChI=1S/C24H36F6O2/c25-23(26,27)21(31)13-9-5-1-3-7-11-19-15-17-20(18-16-19)12-8-4-2-6-10-14-22(32)24(28,29)30/h15-18,21-22,31-32H,1-14H2/t21-,22+. The summed E-state index contributed by atoms with van der Waals surface area (Å²) in [6.07, 6.45) is -4.36. The van der Waals surface area contributed by atoms with Crippen LogP contribution in [0.4, 0.5) is 26.3 Å². The van der Waals surface area contributed by atoms with Crippen LogP contribution in [-0.4, -0.2) is 34.8 Å². The molecule has 2 nitrogen and oxygen atoms in total. The highest BCUT2D eigenvalue weighted by Gasteiger charge is 2.37. The molecule has 32 heavy (non-hydrogen) atoms. The molecule has 2 N–H and O–H groups in total. The van der Waals surface area contributed by atoms with Crippen LogP contribution in [0.25, 0.3) is 0 Å². The molecular formula is C24H36F6O2. The number of aliphatic hydroxyl groups excluding tert-OH is 2. The van der Waals surface area contributed by atoms with Gasteiger partial charge >= 0.3 is 12.4 Å². The van der Waals surface area contributed by atoms with E-state index in [1.807, 2.05) is 0 Å². The lowest BCUT2D eigenvalue weighted by Gasteiger charge is -2.13. The minimum atomic E-state index is -4.52. The van der Waals surface area contributed by atoms with E-state index in [2.05, 4.69) is 24.3 Å². The number of halogens is 6. The molecule has 1 aromatic rings. The molecule has 2 atom stereocenters. The molecule has 0 radical (unpaired) electrons. The number of benzene rings is 1. The van der Waals surface area contributed by atoms with Crippen molar-refractivity contribution >= 4 is 0 Å². The van der Waals surface area contributed by atoms with E-state index in [9.17, 15) is 26.3 Å². The Labute approximate surface area is 187 Å². The molecule has 8 heteroatoms. The Morgan fingerprint density at radius 2 is 0.781 bits per heavy atom. The SMILES string of the molecule is O[C@H](CCCCCCCc1ccc(CCCCCCC[C@H](O)C(F)(F)F)cc1)C(F)(F)F. The van der Waals surface area contributed by atoms with Gasteiger partial charge in [-0.3, -0.25) is 0 Å². The van der Waals surface area contributed by atoms with Crippen molar-refractivity contribution in [2.45, 2.75) is 114 Å². The summed E-state index contributed by atoms with van der Waals surface area (Å²) in [4.78, 5) is 0. The fourth-order valence-electron chi connectivity index (χ4n) is 3.59. The minimum absolute atomic E-state index is 0.230. The second-order valence-electron chi connectivity index (χ2n) is 8.54. The lowest BCUT2D eigenvalue weighted by atomic mass is 10.0. The number of alkyl halides is 6. The summed E-state index contributed by atoms with van der Waals surface area (Å²) in [6.45, 7) is 0. The number of aryl methyl sites for hydroxylation is 2. The third kappa shape index (κ3) is 13.3. The first-order valence-electron chi connectivity index (χ1n) is 11.6. The Bertz CT molecular complexity index is 545. The van der Waals surface area contributed by atoms with E-state index >= 15 is 0 Å². The molecule has 186 valence electrons. The van der Waals surface area contributed by atoms with Crippen molar-refractivity contribution in [3.63, 3.8) is 0 Å². The summed E-state index contributed by atoms with van der Waals surface area (Å²) in [7, 11) is 0. The van der Waals surface area contributed by atoms with Crippen molar-refractivity contribution < 1.29 is 36.6 Å². The highest BCUT2D eigenvalue weighted by Crippen LogP contribution is 2.25. The minimum Gasteiger partial charge on any atom is -0.384 e. The Balaban J connectivity index is 2.04. The summed E-state index contributed by atoms with van der Waals surface area (Å²) in [5.74, 6) is 0. The molecule has 1 rings (SSSR count). The Hall–Kier alpha value is -1.28. The van der Waals surface area contributed by atoms with Crippen LogP contribution >= 0.6 is 0 Å². The highest BCUT2D eigenvalue weighted by atomic mass is 19.4. The van der Waals surface area contributed by atoms with E-state index in [1.54, 1.807) is 0 Å². The molecular weight excluding hydrogens is 434 g/mol. The van der Waals surface area contributed by atoms with Gasteiger partial charge in [-0.05, 0) is 49.7 Å². The van der Waals surface area contributed by atoms with Crippen LogP contribution in [0.5, 0.6) is 0 Å². The van der Waals surface area contributed by atoms with Gasteiger partial charge in [-0.15, -0.1) is 0 Å². The normalized spacial score (nSPS) is 14.5. The highest BCUT2D eigenvalue weighted by molar-refractivity contribution is 5.22. The topological polar surface area (TPSA) is 40.5 Å². The van der Waals surface area contributed by atoms with E-state index in [1.165, 1.54) is 11.1 Å². The number of unbranched alkanes of at least 4 members (excludes halogenated alkanes) is 8. The summed E-state index contributed by atoms with van der Waals surface area (Å²) in [6, 6.07) is 8.36. The molecule has 0 aliphatic heterocycles. The average molecular weight is 471 g/mol. The molecule has 0 saturated carbocycles. The number of aliphatic hydroxyl groups is 2. The van der Waals surface area contributed by atoms with Crippen molar-refractivity contribution in [3.05, 3.63) is 35.4 Å². The molecule has 0 bridgehead atoms. The van der Waals surface area contributed by atoms with Crippen LogP contribution in [0.2, 0.25) is 0 Å². The lowest BCUT2D eigenvalue weighted by Crippen LogP contribution is -2.28.